The largest absolute Gasteiger partial charge is 0.304 e. The average Bonchev–Trinajstić information content (AvgIpc) is 2.82. The summed E-state index contributed by atoms with van der Waals surface area (Å²) in [6, 6.07) is 3.97. The van der Waals surface area contributed by atoms with Crippen LogP contribution in [0.1, 0.15) is 29.2 Å². The normalized spacial score (nSPS) is 12.3. The molecule has 2 rings (SSSR count). The average molecular weight is 295 g/mol. The molecule has 1 atom stereocenters. The molecule has 0 spiro atoms. The Hall–Kier alpha value is -1.86. The van der Waals surface area contributed by atoms with Crippen molar-refractivity contribution in [3.63, 3.8) is 0 Å². The zero-order valence-corrected chi connectivity index (χ0v) is 11.9. The number of nitro groups is 1. The van der Waals surface area contributed by atoms with Gasteiger partial charge in [0, 0.05) is 23.7 Å². The van der Waals surface area contributed by atoms with Crippen molar-refractivity contribution in [1.29, 1.82) is 0 Å². The molecular formula is C13H14FN3O2S. The maximum absolute atomic E-state index is 13.5. The van der Waals surface area contributed by atoms with Gasteiger partial charge in [-0.05, 0) is 25.5 Å². The van der Waals surface area contributed by atoms with E-state index in [9.17, 15) is 14.5 Å². The van der Waals surface area contributed by atoms with Gasteiger partial charge in [0.15, 0.2) is 0 Å². The molecular weight excluding hydrogens is 281 g/mol. The highest BCUT2D eigenvalue weighted by molar-refractivity contribution is 7.09. The van der Waals surface area contributed by atoms with Crippen LogP contribution in [-0.4, -0.2) is 9.91 Å². The highest BCUT2D eigenvalue weighted by Gasteiger charge is 2.14. The summed E-state index contributed by atoms with van der Waals surface area (Å²) in [4.78, 5) is 14.2. The number of aryl methyl sites for hydroxylation is 1. The molecule has 0 radical (unpaired) electrons. The summed E-state index contributed by atoms with van der Waals surface area (Å²) in [7, 11) is 0. The van der Waals surface area contributed by atoms with Gasteiger partial charge in [-0.3, -0.25) is 10.1 Å². The summed E-state index contributed by atoms with van der Waals surface area (Å²) >= 11 is 1.57. The summed E-state index contributed by atoms with van der Waals surface area (Å²) in [5.41, 5.74) is 1.13. The number of benzene rings is 1. The molecule has 2 aromatic rings. The molecule has 1 unspecified atom stereocenters. The number of hydrogen-bond donors (Lipinski definition) is 1. The number of rotatable bonds is 5. The first kappa shape index (κ1) is 14.5. The van der Waals surface area contributed by atoms with Gasteiger partial charge in [0.1, 0.15) is 5.01 Å². The van der Waals surface area contributed by atoms with Gasteiger partial charge >= 0.3 is 5.69 Å². The third-order valence-corrected chi connectivity index (χ3v) is 3.97. The Morgan fingerprint density at radius 2 is 2.30 bits per heavy atom. The summed E-state index contributed by atoms with van der Waals surface area (Å²) < 4.78 is 13.5. The number of nitrogens with one attached hydrogen (secondary N) is 1. The number of nitrogens with zero attached hydrogens (tertiary/aromatic N) is 2. The molecule has 5 nitrogen and oxygen atoms in total. The first-order valence-corrected chi connectivity index (χ1v) is 6.93. The van der Waals surface area contributed by atoms with Crippen LogP contribution in [0.2, 0.25) is 0 Å². The van der Waals surface area contributed by atoms with E-state index in [-0.39, 0.29) is 6.04 Å². The van der Waals surface area contributed by atoms with Crippen LogP contribution < -0.4 is 5.32 Å². The SMILES string of the molecule is Cc1csc(C(C)NCc2ccc([N+](=O)[O-])c(F)c2)n1. The molecule has 1 aromatic heterocycles. The van der Waals surface area contributed by atoms with Crippen molar-refractivity contribution in [3.05, 3.63) is 55.8 Å². The van der Waals surface area contributed by atoms with Gasteiger partial charge in [-0.15, -0.1) is 11.3 Å². The van der Waals surface area contributed by atoms with Gasteiger partial charge in [-0.2, -0.15) is 4.39 Å². The van der Waals surface area contributed by atoms with E-state index >= 15 is 0 Å². The van der Waals surface area contributed by atoms with E-state index < -0.39 is 16.4 Å². The van der Waals surface area contributed by atoms with Crippen molar-refractivity contribution in [3.8, 4) is 0 Å². The minimum Gasteiger partial charge on any atom is -0.304 e. The number of thiazole rings is 1. The maximum atomic E-state index is 13.5. The summed E-state index contributed by atoms with van der Waals surface area (Å²) in [6.45, 7) is 4.33. The second kappa shape index (κ2) is 6.06. The van der Waals surface area contributed by atoms with Gasteiger partial charge in [-0.1, -0.05) is 6.07 Å². The fourth-order valence-corrected chi connectivity index (χ4v) is 2.57. The van der Waals surface area contributed by atoms with Crippen molar-refractivity contribution in [2.24, 2.45) is 0 Å². The molecule has 0 aliphatic rings. The van der Waals surface area contributed by atoms with Crippen molar-refractivity contribution in [1.82, 2.24) is 10.3 Å². The van der Waals surface area contributed by atoms with E-state index in [0.29, 0.717) is 12.1 Å². The predicted molar refractivity (Wildman–Crippen MR) is 75.2 cm³/mol. The molecule has 0 fully saturated rings. The second-order valence-electron chi connectivity index (χ2n) is 4.47. The molecule has 106 valence electrons. The van der Waals surface area contributed by atoms with Crippen LogP contribution in [0.15, 0.2) is 23.6 Å². The molecule has 7 heteroatoms. The Kier molecular flexibility index (Phi) is 4.41. The molecule has 0 aliphatic heterocycles. The third kappa shape index (κ3) is 3.37. The standard InChI is InChI=1S/C13H14FN3O2S/c1-8-7-20-13(16-8)9(2)15-6-10-3-4-12(17(18)19)11(14)5-10/h3-5,7,9,15H,6H2,1-2H3. The monoisotopic (exact) mass is 295 g/mol. The predicted octanol–water partition coefficient (Wildman–Crippen LogP) is 3.35. The molecule has 0 aliphatic carbocycles. The molecule has 1 aromatic carbocycles. The van der Waals surface area contributed by atoms with Crippen LogP contribution in [0.25, 0.3) is 0 Å². The molecule has 0 saturated heterocycles. The number of nitro benzene ring substituents is 1. The van der Waals surface area contributed by atoms with Crippen molar-refractivity contribution in [2.75, 3.05) is 0 Å². The van der Waals surface area contributed by atoms with Crippen LogP contribution in [0.3, 0.4) is 0 Å². The van der Waals surface area contributed by atoms with Gasteiger partial charge in [0.25, 0.3) is 0 Å². The fourth-order valence-electron chi connectivity index (χ4n) is 1.74. The minimum atomic E-state index is -0.813. The van der Waals surface area contributed by atoms with Crippen LogP contribution in [0, 0.1) is 22.9 Å². The smallest absolute Gasteiger partial charge is 0.304 e. The topological polar surface area (TPSA) is 68.1 Å². The molecule has 0 saturated carbocycles. The Labute approximate surface area is 119 Å². The van der Waals surface area contributed by atoms with Crippen molar-refractivity contribution in [2.45, 2.75) is 26.4 Å². The molecule has 0 bridgehead atoms. The zero-order chi connectivity index (χ0) is 14.7. The van der Waals surface area contributed by atoms with Crippen LogP contribution in [0.4, 0.5) is 10.1 Å². The van der Waals surface area contributed by atoms with Crippen LogP contribution in [-0.2, 0) is 6.54 Å². The molecule has 1 heterocycles. The highest BCUT2D eigenvalue weighted by Crippen LogP contribution is 2.20. The molecule has 20 heavy (non-hydrogen) atoms. The van der Waals surface area contributed by atoms with Gasteiger partial charge in [0.05, 0.1) is 11.0 Å². The lowest BCUT2D eigenvalue weighted by atomic mass is 10.2. The van der Waals surface area contributed by atoms with Gasteiger partial charge < -0.3 is 5.32 Å². The minimum absolute atomic E-state index is 0.0481. The summed E-state index contributed by atoms with van der Waals surface area (Å²) in [6.07, 6.45) is 0. The zero-order valence-electron chi connectivity index (χ0n) is 11.1. The van der Waals surface area contributed by atoms with Crippen molar-refractivity contribution >= 4 is 17.0 Å². The van der Waals surface area contributed by atoms with Crippen LogP contribution >= 0.6 is 11.3 Å². The second-order valence-corrected chi connectivity index (χ2v) is 5.36. The number of halogens is 1. The maximum Gasteiger partial charge on any atom is 0.304 e. The Morgan fingerprint density at radius 3 is 2.85 bits per heavy atom. The lowest BCUT2D eigenvalue weighted by Gasteiger charge is -2.11. The van der Waals surface area contributed by atoms with E-state index in [2.05, 4.69) is 10.3 Å². The molecule has 0 amide bonds. The fraction of sp³-hybridized carbons (Fsp3) is 0.308. The lowest BCUT2D eigenvalue weighted by Crippen LogP contribution is -2.18. The summed E-state index contributed by atoms with van der Waals surface area (Å²) in [5, 5.41) is 16.7. The summed E-state index contributed by atoms with van der Waals surface area (Å²) in [5.74, 6) is -0.813. The Morgan fingerprint density at radius 1 is 1.55 bits per heavy atom. The Bertz CT molecular complexity index is 630. The first-order valence-electron chi connectivity index (χ1n) is 6.05. The first-order chi connectivity index (χ1) is 9.47. The highest BCUT2D eigenvalue weighted by atomic mass is 32.1. The Balaban J connectivity index is 2.00. The third-order valence-electron chi connectivity index (χ3n) is 2.83. The van der Waals surface area contributed by atoms with Gasteiger partial charge in [0.2, 0.25) is 5.82 Å². The van der Waals surface area contributed by atoms with E-state index in [1.54, 1.807) is 17.4 Å². The quantitative estimate of drug-likeness (QED) is 0.678. The van der Waals surface area contributed by atoms with Gasteiger partial charge in [-0.25, -0.2) is 4.98 Å². The number of aromatic nitrogens is 1. The number of hydrogen-bond acceptors (Lipinski definition) is 5. The van der Waals surface area contributed by atoms with Crippen molar-refractivity contribution < 1.29 is 9.31 Å². The lowest BCUT2D eigenvalue weighted by molar-refractivity contribution is -0.387. The molecule has 1 N–H and O–H groups in total. The van der Waals surface area contributed by atoms with Crippen LogP contribution in [0.5, 0.6) is 0 Å². The van der Waals surface area contributed by atoms with E-state index in [0.717, 1.165) is 10.7 Å². The van der Waals surface area contributed by atoms with E-state index in [4.69, 9.17) is 0 Å². The van der Waals surface area contributed by atoms with E-state index in [1.807, 2.05) is 19.2 Å². The van der Waals surface area contributed by atoms with E-state index in [1.165, 1.54) is 12.1 Å².